The molecule has 0 aliphatic carbocycles. The number of ether oxygens (including phenoxy) is 1. The second-order valence-corrected chi connectivity index (χ2v) is 8.30. The molecule has 0 amide bonds. The van der Waals surface area contributed by atoms with Gasteiger partial charge in [-0.2, -0.15) is 0 Å². The molecule has 4 nitrogen and oxygen atoms in total. The first kappa shape index (κ1) is 20.4. The van der Waals surface area contributed by atoms with Gasteiger partial charge in [-0.05, 0) is 69.0 Å². The molecular weight excluding hydrogens is 372 g/mol. The summed E-state index contributed by atoms with van der Waals surface area (Å²) >= 11 is 6.60. The number of nitrogens with zero attached hydrogens (tertiary/aromatic N) is 2. The summed E-state index contributed by atoms with van der Waals surface area (Å²) in [7, 11) is 1.37. The SMILES string of the molecule is CCN1c2cc(Cl)c(C=Nc3cccc(C(=O)OC)c3)cc2C(C)CC1(C)C. The van der Waals surface area contributed by atoms with Crippen molar-refractivity contribution in [1.82, 2.24) is 0 Å². The Hall–Kier alpha value is -2.33. The van der Waals surface area contributed by atoms with E-state index >= 15 is 0 Å². The van der Waals surface area contributed by atoms with E-state index in [1.54, 1.807) is 24.4 Å². The first-order valence-electron chi connectivity index (χ1n) is 9.60. The molecule has 1 heterocycles. The van der Waals surface area contributed by atoms with E-state index in [0.29, 0.717) is 22.2 Å². The van der Waals surface area contributed by atoms with E-state index in [1.165, 1.54) is 18.4 Å². The third-order valence-corrected chi connectivity index (χ3v) is 5.77. The predicted octanol–water partition coefficient (Wildman–Crippen LogP) is 5.99. The number of hydrogen-bond acceptors (Lipinski definition) is 4. The van der Waals surface area contributed by atoms with E-state index in [9.17, 15) is 4.79 Å². The van der Waals surface area contributed by atoms with Gasteiger partial charge < -0.3 is 9.64 Å². The molecule has 148 valence electrons. The molecule has 2 aromatic rings. The molecule has 0 radical (unpaired) electrons. The van der Waals surface area contributed by atoms with Crippen LogP contribution in [0.4, 0.5) is 11.4 Å². The summed E-state index contributed by atoms with van der Waals surface area (Å²) in [5.41, 5.74) is 4.65. The van der Waals surface area contributed by atoms with Gasteiger partial charge in [0.2, 0.25) is 0 Å². The van der Waals surface area contributed by atoms with Crippen LogP contribution in [0.25, 0.3) is 0 Å². The lowest BCUT2D eigenvalue weighted by Crippen LogP contribution is -2.48. The van der Waals surface area contributed by atoms with Crippen molar-refractivity contribution in [3.05, 3.63) is 58.1 Å². The summed E-state index contributed by atoms with van der Waals surface area (Å²) < 4.78 is 4.77. The fourth-order valence-corrected chi connectivity index (χ4v) is 4.40. The van der Waals surface area contributed by atoms with Crippen molar-refractivity contribution in [2.45, 2.75) is 45.6 Å². The molecule has 3 rings (SSSR count). The third kappa shape index (κ3) is 3.93. The van der Waals surface area contributed by atoms with Gasteiger partial charge >= 0.3 is 5.97 Å². The molecule has 0 bridgehead atoms. The van der Waals surface area contributed by atoms with Gasteiger partial charge in [-0.3, -0.25) is 4.99 Å². The van der Waals surface area contributed by atoms with Crippen LogP contribution in [0.15, 0.2) is 41.4 Å². The topological polar surface area (TPSA) is 41.9 Å². The summed E-state index contributed by atoms with van der Waals surface area (Å²) in [6.45, 7) is 9.96. The van der Waals surface area contributed by atoms with Crippen molar-refractivity contribution in [3.8, 4) is 0 Å². The zero-order valence-corrected chi connectivity index (χ0v) is 17.9. The lowest BCUT2D eigenvalue weighted by Gasteiger charge is -2.47. The number of aliphatic imine (C=N–C) groups is 1. The molecule has 5 heteroatoms. The van der Waals surface area contributed by atoms with Crippen LogP contribution in [0.5, 0.6) is 0 Å². The lowest BCUT2D eigenvalue weighted by molar-refractivity contribution is 0.0601. The number of carbonyl (C=O) groups excluding carboxylic acids is 1. The number of fused-ring (bicyclic) bond motifs is 1. The average Bonchev–Trinajstić information content (AvgIpc) is 2.66. The van der Waals surface area contributed by atoms with Crippen LogP contribution in [-0.4, -0.2) is 31.4 Å². The largest absolute Gasteiger partial charge is 0.465 e. The number of hydrogen-bond donors (Lipinski definition) is 0. The van der Waals surface area contributed by atoms with E-state index in [1.807, 2.05) is 6.07 Å². The highest BCUT2D eigenvalue weighted by Crippen LogP contribution is 2.44. The van der Waals surface area contributed by atoms with Gasteiger partial charge in [0.15, 0.2) is 0 Å². The third-order valence-electron chi connectivity index (χ3n) is 5.44. The van der Waals surface area contributed by atoms with Crippen LogP contribution >= 0.6 is 11.6 Å². The highest BCUT2D eigenvalue weighted by molar-refractivity contribution is 6.33. The van der Waals surface area contributed by atoms with E-state index < -0.39 is 0 Å². The Morgan fingerprint density at radius 2 is 2.11 bits per heavy atom. The summed E-state index contributed by atoms with van der Waals surface area (Å²) in [4.78, 5) is 18.7. The molecule has 0 saturated carbocycles. The van der Waals surface area contributed by atoms with E-state index in [-0.39, 0.29) is 11.5 Å². The van der Waals surface area contributed by atoms with Gasteiger partial charge in [0, 0.05) is 29.5 Å². The molecule has 0 spiro atoms. The number of anilines is 1. The quantitative estimate of drug-likeness (QED) is 0.469. The molecule has 0 fully saturated rings. The molecule has 1 aliphatic rings. The first-order chi connectivity index (χ1) is 13.3. The number of carbonyl (C=O) groups is 1. The van der Waals surface area contributed by atoms with Gasteiger partial charge in [-0.25, -0.2) is 4.79 Å². The van der Waals surface area contributed by atoms with Crippen LogP contribution in [0.2, 0.25) is 5.02 Å². The fraction of sp³-hybridized carbons (Fsp3) is 0.391. The van der Waals surface area contributed by atoms with Gasteiger partial charge in [0.25, 0.3) is 0 Å². The Labute approximate surface area is 172 Å². The maximum Gasteiger partial charge on any atom is 0.337 e. The monoisotopic (exact) mass is 398 g/mol. The molecule has 28 heavy (non-hydrogen) atoms. The molecule has 0 aromatic heterocycles. The molecule has 1 aliphatic heterocycles. The summed E-state index contributed by atoms with van der Waals surface area (Å²) in [6.07, 6.45) is 2.86. The standard InChI is InChI=1S/C23H27ClN2O2/c1-6-26-21-12-20(24)17(11-19(21)15(2)13-23(26,3)4)14-25-18-9-7-8-16(10-18)22(27)28-5/h7-12,14-15H,6,13H2,1-5H3. The number of benzene rings is 2. The van der Waals surface area contributed by atoms with Crippen LogP contribution in [-0.2, 0) is 4.74 Å². The number of halogens is 1. The van der Waals surface area contributed by atoms with Gasteiger partial charge in [-0.1, -0.05) is 24.6 Å². The van der Waals surface area contributed by atoms with Crippen LogP contribution in [0.1, 0.15) is 61.5 Å². The molecule has 1 unspecified atom stereocenters. The van der Waals surface area contributed by atoms with Crippen LogP contribution in [0.3, 0.4) is 0 Å². The van der Waals surface area contributed by atoms with Crippen molar-refractivity contribution in [3.63, 3.8) is 0 Å². The van der Waals surface area contributed by atoms with Crippen molar-refractivity contribution >= 4 is 35.2 Å². The minimum absolute atomic E-state index is 0.106. The Kier molecular flexibility index (Phi) is 5.80. The Morgan fingerprint density at radius 1 is 1.36 bits per heavy atom. The second kappa shape index (κ2) is 7.96. The van der Waals surface area contributed by atoms with Gasteiger partial charge in [-0.15, -0.1) is 0 Å². The molecule has 0 saturated heterocycles. The van der Waals surface area contributed by atoms with Crippen molar-refractivity contribution < 1.29 is 9.53 Å². The Morgan fingerprint density at radius 3 is 2.79 bits per heavy atom. The molecule has 0 N–H and O–H groups in total. The van der Waals surface area contributed by atoms with E-state index in [0.717, 1.165) is 18.5 Å². The number of methoxy groups -OCH3 is 1. The van der Waals surface area contributed by atoms with Gasteiger partial charge in [0.1, 0.15) is 0 Å². The number of esters is 1. The van der Waals surface area contributed by atoms with E-state index in [4.69, 9.17) is 16.3 Å². The summed E-state index contributed by atoms with van der Waals surface area (Å²) in [5, 5.41) is 0.676. The van der Waals surface area contributed by atoms with Gasteiger partial charge in [0.05, 0.1) is 23.4 Å². The van der Waals surface area contributed by atoms with Crippen LogP contribution in [0, 0.1) is 0 Å². The average molecular weight is 399 g/mol. The van der Waals surface area contributed by atoms with Crippen LogP contribution < -0.4 is 4.90 Å². The normalized spacial score (nSPS) is 18.2. The minimum Gasteiger partial charge on any atom is -0.465 e. The predicted molar refractivity (Wildman–Crippen MR) is 117 cm³/mol. The van der Waals surface area contributed by atoms with Crippen molar-refractivity contribution in [2.75, 3.05) is 18.6 Å². The molecule has 2 aromatic carbocycles. The highest BCUT2D eigenvalue weighted by Gasteiger charge is 2.35. The zero-order valence-electron chi connectivity index (χ0n) is 17.1. The summed E-state index contributed by atoms with van der Waals surface area (Å²) in [6, 6.07) is 11.3. The summed E-state index contributed by atoms with van der Waals surface area (Å²) in [5.74, 6) is 0.0693. The maximum atomic E-state index is 11.7. The molecule has 1 atom stereocenters. The minimum atomic E-state index is -0.375. The smallest absolute Gasteiger partial charge is 0.337 e. The first-order valence-corrected chi connectivity index (χ1v) is 9.98. The van der Waals surface area contributed by atoms with Crippen molar-refractivity contribution in [1.29, 1.82) is 0 Å². The maximum absolute atomic E-state index is 11.7. The molecular formula is C23H27ClN2O2. The Balaban J connectivity index is 1.96. The van der Waals surface area contributed by atoms with Crippen molar-refractivity contribution in [2.24, 2.45) is 4.99 Å². The second-order valence-electron chi connectivity index (χ2n) is 7.89. The Bertz CT molecular complexity index is 921. The highest BCUT2D eigenvalue weighted by atomic mass is 35.5. The van der Waals surface area contributed by atoms with E-state index in [2.05, 4.69) is 49.7 Å². The fourth-order valence-electron chi connectivity index (χ4n) is 4.19. The number of rotatable bonds is 4. The zero-order chi connectivity index (χ0) is 20.5. The lowest BCUT2D eigenvalue weighted by atomic mass is 9.79.